The zero-order valence-electron chi connectivity index (χ0n) is 15.7. The van der Waals surface area contributed by atoms with E-state index in [1.54, 1.807) is 33.1 Å². The van der Waals surface area contributed by atoms with E-state index >= 15 is 0 Å². The number of guanidine groups is 1. The Balaban J connectivity index is 0.00000576. The number of aliphatic imine (C=N–C) groups is 1. The number of hydrogen-bond donors (Lipinski definition) is 2. The Bertz CT molecular complexity index is 530. The number of ether oxygens (including phenoxy) is 3. The summed E-state index contributed by atoms with van der Waals surface area (Å²) in [7, 11) is 4.87. The molecule has 0 spiro atoms. The van der Waals surface area contributed by atoms with Gasteiger partial charge in [0.15, 0.2) is 17.5 Å². The molecule has 144 valence electrons. The quantitative estimate of drug-likeness (QED) is 0.231. The Labute approximate surface area is 172 Å². The average molecular weight is 483 g/mol. The highest BCUT2D eigenvalue weighted by atomic mass is 127. The van der Waals surface area contributed by atoms with Crippen LogP contribution in [0.15, 0.2) is 17.1 Å². The van der Waals surface area contributed by atoms with Crippen molar-refractivity contribution in [2.75, 3.05) is 53.0 Å². The van der Waals surface area contributed by atoms with Gasteiger partial charge in [0.1, 0.15) is 0 Å². The first kappa shape index (κ1) is 24.0. The van der Waals surface area contributed by atoms with E-state index in [4.69, 9.17) is 14.2 Å². The summed E-state index contributed by atoms with van der Waals surface area (Å²) in [6, 6.07) is 3.90. The van der Waals surface area contributed by atoms with Crippen LogP contribution >= 0.6 is 35.7 Å². The average Bonchev–Trinajstić information content (AvgIpc) is 2.61. The van der Waals surface area contributed by atoms with E-state index in [0.717, 1.165) is 43.3 Å². The Kier molecular flexibility index (Phi) is 13.6. The summed E-state index contributed by atoms with van der Waals surface area (Å²) in [6.45, 7) is 4.45. The third-order valence-corrected chi connectivity index (χ3v) is 3.97. The molecule has 0 saturated carbocycles. The van der Waals surface area contributed by atoms with Crippen LogP contribution in [0.25, 0.3) is 0 Å². The first-order valence-electron chi connectivity index (χ1n) is 8.00. The lowest BCUT2D eigenvalue weighted by molar-refractivity contribution is 0.322. The minimum atomic E-state index is 0. The zero-order chi connectivity index (χ0) is 17.8. The molecule has 25 heavy (non-hydrogen) atoms. The van der Waals surface area contributed by atoms with Crippen molar-refractivity contribution in [2.45, 2.75) is 13.3 Å². The number of nitrogens with zero attached hydrogens (tertiary/aromatic N) is 1. The lowest BCUT2D eigenvalue weighted by atomic mass is 10.1. The fraction of sp³-hybridized carbons (Fsp3) is 0.588. The number of hydrogen-bond acceptors (Lipinski definition) is 5. The van der Waals surface area contributed by atoms with Crippen LogP contribution in [0.3, 0.4) is 0 Å². The minimum Gasteiger partial charge on any atom is -0.493 e. The smallest absolute Gasteiger partial charge is 0.203 e. The van der Waals surface area contributed by atoms with Gasteiger partial charge in [0.2, 0.25) is 5.75 Å². The van der Waals surface area contributed by atoms with Gasteiger partial charge in [-0.05, 0) is 25.7 Å². The first-order chi connectivity index (χ1) is 11.7. The lowest BCUT2D eigenvalue weighted by Gasteiger charge is -2.16. The number of methoxy groups -OCH3 is 3. The van der Waals surface area contributed by atoms with Gasteiger partial charge in [-0.2, -0.15) is 11.8 Å². The Morgan fingerprint density at radius 2 is 1.80 bits per heavy atom. The van der Waals surface area contributed by atoms with Crippen LogP contribution in [-0.2, 0) is 6.42 Å². The molecule has 0 bridgehead atoms. The maximum Gasteiger partial charge on any atom is 0.203 e. The monoisotopic (exact) mass is 483 g/mol. The molecule has 0 fully saturated rings. The molecule has 2 N–H and O–H groups in total. The highest BCUT2D eigenvalue weighted by Gasteiger charge is 2.15. The van der Waals surface area contributed by atoms with E-state index in [1.165, 1.54) is 0 Å². The van der Waals surface area contributed by atoms with E-state index in [-0.39, 0.29) is 24.0 Å². The fourth-order valence-electron chi connectivity index (χ4n) is 2.27. The minimum absolute atomic E-state index is 0. The van der Waals surface area contributed by atoms with Crippen LogP contribution in [0.2, 0.25) is 0 Å². The van der Waals surface area contributed by atoms with E-state index in [9.17, 15) is 0 Å². The van der Waals surface area contributed by atoms with Gasteiger partial charge >= 0.3 is 0 Å². The second-order valence-corrected chi connectivity index (χ2v) is 5.91. The molecule has 0 aliphatic heterocycles. The van der Waals surface area contributed by atoms with Crippen molar-refractivity contribution in [2.24, 2.45) is 4.99 Å². The van der Waals surface area contributed by atoms with E-state index < -0.39 is 0 Å². The van der Waals surface area contributed by atoms with Crippen molar-refractivity contribution in [3.63, 3.8) is 0 Å². The second kappa shape index (κ2) is 14.2. The van der Waals surface area contributed by atoms with Crippen molar-refractivity contribution in [1.82, 2.24) is 10.6 Å². The van der Waals surface area contributed by atoms with Gasteiger partial charge in [-0.15, -0.1) is 24.0 Å². The number of thioether (sulfide) groups is 1. The predicted octanol–water partition coefficient (Wildman–Crippen LogP) is 2.79. The van der Waals surface area contributed by atoms with Gasteiger partial charge in [0, 0.05) is 24.4 Å². The molecule has 0 aliphatic carbocycles. The molecule has 8 heteroatoms. The van der Waals surface area contributed by atoms with Gasteiger partial charge < -0.3 is 24.8 Å². The van der Waals surface area contributed by atoms with Crippen LogP contribution in [-0.4, -0.2) is 58.9 Å². The lowest BCUT2D eigenvalue weighted by Crippen LogP contribution is -2.38. The standard InChI is InChI=1S/C17H29N3O3S.HI/c1-6-18-17(20-11-12-24-5)19-10-9-13-7-8-14(21-2)16(23-4)15(13)22-3;/h7-8H,6,9-12H2,1-5H3,(H2,18,19,20);1H. The van der Waals surface area contributed by atoms with Crippen LogP contribution in [0.4, 0.5) is 0 Å². The summed E-state index contributed by atoms with van der Waals surface area (Å²) in [4.78, 5) is 4.54. The molecule has 1 rings (SSSR count). The zero-order valence-corrected chi connectivity index (χ0v) is 18.8. The molecule has 0 amide bonds. The number of nitrogens with one attached hydrogen (secondary N) is 2. The van der Waals surface area contributed by atoms with E-state index in [1.807, 2.05) is 12.1 Å². The Morgan fingerprint density at radius 3 is 2.36 bits per heavy atom. The molecule has 6 nitrogen and oxygen atoms in total. The van der Waals surface area contributed by atoms with E-state index in [0.29, 0.717) is 17.2 Å². The molecule has 0 aromatic heterocycles. The largest absolute Gasteiger partial charge is 0.493 e. The molecule has 0 unspecified atom stereocenters. The first-order valence-corrected chi connectivity index (χ1v) is 9.40. The van der Waals surface area contributed by atoms with Gasteiger partial charge in [0.25, 0.3) is 0 Å². The molecular formula is C17H30IN3O3S. The molecule has 1 aromatic carbocycles. The highest BCUT2D eigenvalue weighted by molar-refractivity contribution is 14.0. The molecular weight excluding hydrogens is 453 g/mol. The third kappa shape index (κ3) is 7.81. The summed E-state index contributed by atoms with van der Waals surface area (Å²) in [5.74, 6) is 3.85. The SMILES string of the molecule is CCNC(=NCCSC)NCCc1ccc(OC)c(OC)c1OC.I. The topological polar surface area (TPSA) is 64.1 Å². The van der Waals surface area contributed by atoms with Crippen LogP contribution in [0.5, 0.6) is 17.2 Å². The van der Waals surface area contributed by atoms with Gasteiger partial charge in [-0.1, -0.05) is 6.07 Å². The molecule has 0 atom stereocenters. The summed E-state index contributed by atoms with van der Waals surface area (Å²) in [5, 5.41) is 6.60. The van der Waals surface area contributed by atoms with Crippen molar-refractivity contribution in [3.05, 3.63) is 17.7 Å². The van der Waals surface area contributed by atoms with Crippen LogP contribution in [0, 0.1) is 0 Å². The Morgan fingerprint density at radius 1 is 1.08 bits per heavy atom. The van der Waals surface area contributed by atoms with Gasteiger partial charge in [-0.25, -0.2) is 0 Å². The van der Waals surface area contributed by atoms with Crippen LogP contribution in [0.1, 0.15) is 12.5 Å². The molecule has 1 aromatic rings. The Hall–Kier alpha value is -1.03. The molecule has 0 radical (unpaired) electrons. The van der Waals surface area contributed by atoms with Gasteiger partial charge in [0.05, 0.1) is 27.9 Å². The number of rotatable bonds is 10. The summed E-state index contributed by atoms with van der Waals surface area (Å²) >= 11 is 1.79. The molecule has 0 heterocycles. The summed E-state index contributed by atoms with van der Waals surface area (Å²) in [6.07, 6.45) is 2.87. The highest BCUT2D eigenvalue weighted by Crippen LogP contribution is 2.39. The maximum atomic E-state index is 5.51. The number of halogens is 1. The van der Waals surface area contributed by atoms with Crippen molar-refractivity contribution >= 4 is 41.7 Å². The molecule has 0 aliphatic rings. The van der Waals surface area contributed by atoms with Crippen molar-refractivity contribution < 1.29 is 14.2 Å². The van der Waals surface area contributed by atoms with Crippen molar-refractivity contribution in [1.29, 1.82) is 0 Å². The third-order valence-electron chi connectivity index (χ3n) is 3.38. The second-order valence-electron chi connectivity index (χ2n) is 4.92. The van der Waals surface area contributed by atoms with Gasteiger partial charge in [-0.3, -0.25) is 4.99 Å². The van der Waals surface area contributed by atoms with E-state index in [2.05, 4.69) is 28.8 Å². The molecule has 0 saturated heterocycles. The van der Waals surface area contributed by atoms with Crippen molar-refractivity contribution in [3.8, 4) is 17.2 Å². The predicted molar refractivity (Wildman–Crippen MR) is 118 cm³/mol. The normalized spacial score (nSPS) is 10.7. The fourth-order valence-corrected chi connectivity index (χ4v) is 2.54. The maximum absolute atomic E-state index is 5.51. The summed E-state index contributed by atoms with van der Waals surface area (Å²) in [5.41, 5.74) is 1.06. The number of benzene rings is 1. The summed E-state index contributed by atoms with van der Waals surface area (Å²) < 4.78 is 16.2. The van der Waals surface area contributed by atoms with Crippen LogP contribution < -0.4 is 24.8 Å².